The molecule has 0 saturated carbocycles. The zero-order chi connectivity index (χ0) is 21.1. The second-order valence-corrected chi connectivity index (χ2v) is 8.32. The van der Waals surface area contributed by atoms with Gasteiger partial charge in [0.05, 0.1) is 4.91 Å². The van der Waals surface area contributed by atoms with Crippen molar-refractivity contribution in [2.45, 2.75) is 13.3 Å². The van der Waals surface area contributed by atoms with Gasteiger partial charge in [-0.2, -0.15) is 5.26 Å². The summed E-state index contributed by atoms with van der Waals surface area (Å²) in [6.07, 6.45) is 2.48. The summed E-state index contributed by atoms with van der Waals surface area (Å²) in [6.45, 7) is 2.32. The second-order valence-electron chi connectivity index (χ2n) is 6.64. The van der Waals surface area contributed by atoms with Gasteiger partial charge in [-0.15, -0.1) is 0 Å². The predicted octanol–water partition coefficient (Wildman–Crippen LogP) is 3.05. The van der Waals surface area contributed by atoms with Gasteiger partial charge in [0, 0.05) is 26.2 Å². The van der Waals surface area contributed by atoms with Gasteiger partial charge in [0.2, 0.25) is 0 Å². The Morgan fingerprint density at radius 3 is 2.52 bits per heavy atom. The van der Waals surface area contributed by atoms with Gasteiger partial charge in [-0.25, -0.2) is 0 Å². The smallest absolute Gasteiger partial charge is 0.270 e. The number of thioether (sulfide) groups is 1. The molecule has 0 atom stereocenters. The number of amides is 1. The highest BCUT2D eigenvalue weighted by Gasteiger charge is 2.29. The third-order valence-electron chi connectivity index (χ3n) is 4.81. The zero-order valence-electron chi connectivity index (χ0n) is 16.4. The van der Waals surface area contributed by atoms with E-state index in [0.717, 1.165) is 6.42 Å². The molecule has 1 fully saturated rings. The average Bonchev–Trinajstić information content (AvgIpc) is 2.96. The molecule has 29 heavy (non-hydrogen) atoms. The number of nitrogens with one attached hydrogen (secondary N) is 1. The van der Waals surface area contributed by atoms with E-state index < -0.39 is 0 Å². The Bertz CT molecular complexity index is 1110. The highest BCUT2D eigenvalue weighted by atomic mass is 32.2. The molecule has 1 N–H and O–H groups in total. The van der Waals surface area contributed by atoms with Gasteiger partial charge in [0.25, 0.3) is 11.5 Å². The number of hydrogen-bond acceptors (Lipinski definition) is 6. The van der Waals surface area contributed by atoms with Crippen LogP contribution in [0.3, 0.4) is 0 Å². The number of nitrogens with zero attached hydrogens (tertiary/aromatic N) is 3. The first-order chi connectivity index (χ1) is 13.8. The van der Waals surface area contributed by atoms with E-state index in [1.54, 1.807) is 27.1 Å². The number of carbonyl (C=O) groups is 1. The summed E-state index contributed by atoms with van der Waals surface area (Å²) in [7, 11) is 3.25. The molecular weight excluding hydrogens is 404 g/mol. The van der Waals surface area contributed by atoms with Gasteiger partial charge in [-0.1, -0.05) is 54.3 Å². The van der Waals surface area contributed by atoms with E-state index in [9.17, 15) is 14.9 Å². The molecule has 0 unspecified atom stereocenters. The fraction of sp³-hybridized carbons (Fsp3) is 0.238. The van der Waals surface area contributed by atoms with E-state index in [-0.39, 0.29) is 17.0 Å². The number of nitriles is 1. The van der Waals surface area contributed by atoms with Crippen LogP contribution in [-0.4, -0.2) is 33.3 Å². The second kappa shape index (κ2) is 8.64. The molecule has 1 amide bonds. The van der Waals surface area contributed by atoms with Crippen molar-refractivity contribution >= 4 is 46.1 Å². The van der Waals surface area contributed by atoms with Crippen LogP contribution in [-0.2, 0) is 18.3 Å². The number of pyridine rings is 1. The van der Waals surface area contributed by atoms with Gasteiger partial charge < -0.3 is 5.32 Å². The van der Waals surface area contributed by atoms with Crippen molar-refractivity contribution < 1.29 is 4.79 Å². The van der Waals surface area contributed by atoms with Crippen LogP contribution in [0.4, 0.5) is 5.82 Å². The van der Waals surface area contributed by atoms with Gasteiger partial charge in [0.15, 0.2) is 0 Å². The van der Waals surface area contributed by atoms with Gasteiger partial charge in [-0.3, -0.25) is 19.1 Å². The molecule has 3 rings (SSSR count). The maximum Gasteiger partial charge on any atom is 0.270 e. The molecule has 6 nitrogen and oxygen atoms in total. The lowest BCUT2D eigenvalue weighted by Gasteiger charge is -2.17. The Balaban J connectivity index is 2.02. The number of thiocarbonyl (C=S) groups is 1. The number of benzene rings is 1. The van der Waals surface area contributed by atoms with Crippen LogP contribution >= 0.6 is 24.0 Å². The number of hydrogen-bond donors (Lipinski definition) is 1. The molecule has 0 aliphatic carbocycles. The number of anilines is 1. The van der Waals surface area contributed by atoms with Crippen molar-refractivity contribution in [1.82, 2.24) is 9.47 Å². The third-order valence-corrected chi connectivity index (χ3v) is 6.30. The minimum Gasteiger partial charge on any atom is -0.371 e. The first-order valence-corrected chi connectivity index (χ1v) is 10.2. The van der Waals surface area contributed by atoms with E-state index >= 15 is 0 Å². The molecule has 1 saturated heterocycles. The van der Waals surface area contributed by atoms with Gasteiger partial charge in [0.1, 0.15) is 21.8 Å². The molecule has 1 aliphatic rings. The lowest BCUT2D eigenvalue weighted by atomic mass is 10.0. The molecule has 0 radical (unpaired) electrons. The SMILES string of the molecule is Cc1c(/C=C2/SC(=S)N(C)C2=O)c(NCCc2ccccc2)n(C)c(=O)c1C#N. The van der Waals surface area contributed by atoms with E-state index in [1.807, 2.05) is 36.4 Å². The highest BCUT2D eigenvalue weighted by molar-refractivity contribution is 8.26. The lowest BCUT2D eigenvalue weighted by Crippen LogP contribution is -2.26. The molecule has 1 aliphatic heterocycles. The Morgan fingerprint density at radius 1 is 1.24 bits per heavy atom. The first kappa shape index (κ1) is 20.8. The van der Waals surface area contributed by atoms with Crippen molar-refractivity contribution in [3.63, 3.8) is 0 Å². The standard InChI is InChI=1S/C21H20N4O2S2/c1-13-15(11-17-20(27)25(3)21(28)29-17)18(24(2)19(26)16(13)12-22)23-10-9-14-7-5-4-6-8-14/h4-8,11,23H,9-10H2,1-3H3/b17-11+. The number of carbonyl (C=O) groups excluding carboxylic acids is 1. The Labute approximate surface area is 178 Å². The van der Waals surface area contributed by atoms with Crippen molar-refractivity contribution in [2.75, 3.05) is 18.9 Å². The van der Waals surface area contributed by atoms with Crippen LogP contribution in [0, 0.1) is 18.3 Å². The molecule has 1 aromatic heterocycles. The number of aromatic nitrogens is 1. The molecule has 0 bridgehead atoms. The maximum absolute atomic E-state index is 12.6. The normalized spacial score (nSPS) is 15.1. The largest absolute Gasteiger partial charge is 0.371 e. The van der Waals surface area contributed by atoms with Gasteiger partial charge in [-0.05, 0) is 30.5 Å². The fourth-order valence-electron chi connectivity index (χ4n) is 3.09. The minimum absolute atomic E-state index is 0.0688. The molecule has 2 heterocycles. The Morgan fingerprint density at radius 2 is 1.93 bits per heavy atom. The summed E-state index contributed by atoms with van der Waals surface area (Å²) in [6, 6.07) is 12.0. The van der Waals surface area contributed by atoms with Crippen molar-refractivity contribution in [2.24, 2.45) is 7.05 Å². The van der Waals surface area contributed by atoms with E-state index in [1.165, 1.54) is 26.8 Å². The number of rotatable bonds is 5. The molecule has 0 spiro atoms. The quantitative estimate of drug-likeness (QED) is 0.587. The van der Waals surface area contributed by atoms with Crippen molar-refractivity contribution in [1.29, 1.82) is 5.26 Å². The van der Waals surface area contributed by atoms with E-state index in [4.69, 9.17) is 12.2 Å². The van der Waals surface area contributed by atoms with E-state index in [2.05, 4.69) is 5.32 Å². The maximum atomic E-state index is 12.6. The fourth-order valence-corrected chi connectivity index (χ4v) is 4.25. The monoisotopic (exact) mass is 424 g/mol. The van der Waals surface area contributed by atoms with Crippen LogP contribution in [0.15, 0.2) is 40.0 Å². The summed E-state index contributed by atoms with van der Waals surface area (Å²) < 4.78 is 1.90. The molecule has 1 aromatic carbocycles. The minimum atomic E-state index is -0.368. The van der Waals surface area contributed by atoms with Crippen LogP contribution in [0.1, 0.15) is 22.3 Å². The summed E-state index contributed by atoms with van der Waals surface area (Å²) >= 11 is 6.41. The Kier molecular flexibility index (Phi) is 6.20. The highest BCUT2D eigenvalue weighted by Crippen LogP contribution is 2.33. The summed E-state index contributed by atoms with van der Waals surface area (Å²) in [5.74, 6) is 0.380. The molecular formula is C21H20N4O2S2. The van der Waals surface area contributed by atoms with Crippen LogP contribution < -0.4 is 10.9 Å². The first-order valence-electron chi connectivity index (χ1n) is 8.98. The molecule has 2 aromatic rings. The lowest BCUT2D eigenvalue weighted by molar-refractivity contribution is -0.121. The van der Waals surface area contributed by atoms with Crippen LogP contribution in [0.25, 0.3) is 6.08 Å². The predicted molar refractivity (Wildman–Crippen MR) is 121 cm³/mol. The molecule has 8 heteroatoms. The van der Waals surface area contributed by atoms with E-state index in [0.29, 0.717) is 32.7 Å². The van der Waals surface area contributed by atoms with Crippen LogP contribution in [0.2, 0.25) is 0 Å². The van der Waals surface area contributed by atoms with Crippen molar-refractivity contribution in [3.8, 4) is 6.07 Å². The van der Waals surface area contributed by atoms with Crippen LogP contribution in [0.5, 0.6) is 0 Å². The average molecular weight is 425 g/mol. The molecule has 148 valence electrons. The Hall–Kier alpha value is -2.89. The summed E-state index contributed by atoms with van der Waals surface area (Å²) in [4.78, 5) is 26.9. The topological polar surface area (TPSA) is 78.1 Å². The number of likely N-dealkylation sites (N-methyl/N-ethyl adjacent to an activating group) is 1. The zero-order valence-corrected chi connectivity index (χ0v) is 18.0. The summed E-state index contributed by atoms with van der Waals surface area (Å²) in [5.41, 5.74) is 2.06. The van der Waals surface area contributed by atoms with Gasteiger partial charge >= 0.3 is 0 Å². The third kappa shape index (κ3) is 4.11. The summed E-state index contributed by atoms with van der Waals surface area (Å²) in [5, 5.41) is 12.8. The van der Waals surface area contributed by atoms with Crippen molar-refractivity contribution in [3.05, 3.63) is 67.8 Å².